The minimum Gasteiger partial charge on any atom is -0.448 e. The van der Waals surface area contributed by atoms with E-state index in [1.807, 2.05) is 0 Å². The number of cyclic esters (lactones) is 1. The molecule has 0 unspecified atom stereocenters. The fraction of sp³-hybridized carbons (Fsp3) is 0.500. The average molecular weight is 248 g/mol. The maximum atomic E-state index is 11.2. The first kappa shape index (κ1) is 12.7. The zero-order chi connectivity index (χ0) is 13.0. The van der Waals surface area contributed by atoms with Crippen LogP contribution in [0.4, 0.5) is 10.5 Å². The predicted octanol–water partition coefficient (Wildman–Crippen LogP) is 2.56. The fourth-order valence-corrected chi connectivity index (χ4v) is 2.21. The molecule has 2 rings (SSSR count). The van der Waals surface area contributed by atoms with E-state index in [4.69, 9.17) is 4.74 Å². The number of amides is 1. The molecule has 1 aromatic carbocycles. The second kappa shape index (κ2) is 5.76. The first-order valence-corrected chi connectivity index (χ1v) is 6.40. The molecule has 1 N–H and O–H groups in total. The van der Waals surface area contributed by atoms with Gasteiger partial charge >= 0.3 is 6.09 Å². The minimum absolute atomic E-state index is 0.179. The Morgan fingerprint density at radius 2 is 2.06 bits per heavy atom. The second-order valence-electron chi connectivity index (χ2n) is 4.65. The molecule has 1 fully saturated rings. The highest BCUT2D eigenvalue weighted by Gasteiger charge is 2.20. The van der Waals surface area contributed by atoms with Crippen LogP contribution in [0, 0.1) is 13.8 Å². The van der Waals surface area contributed by atoms with Crippen LogP contribution in [0.1, 0.15) is 17.5 Å². The molecule has 0 radical (unpaired) electrons. The van der Waals surface area contributed by atoms with Crippen LogP contribution in [-0.2, 0) is 4.74 Å². The van der Waals surface area contributed by atoms with E-state index < -0.39 is 0 Å². The molecular weight excluding hydrogens is 228 g/mol. The molecule has 98 valence electrons. The van der Waals surface area contributed by atoms with Crippen molar-refractivity contribution in [3.8, 4) is 0 Å². The molecule has 0 aromatic heterocycles. The van der Waals surface area contributed by atoms with Crippen molar-refractivity contribution in [3.63, 3.8) is 0 Å². The Balaban J connectivity index is 1.77. The average Bonchev–Trinajstić information content (AvgIpc) is 2.73. The number of carbonyl (C=O) groups excluding carboxylic acids is 1. The van der Waals surface area contributed by atoms with Crippen molar-refractivity contribution in [1.29, 1.82) is 0 Å². The second-order valence-corrected chi connectivity index (χ2v) is 4.65. The van der Waals surface area contributed by atoms with Gasteiger partial charge in [0.1, 0.15) is 6.61 Å². The van der Waals surface area contributed by atoms with Gasteiger partial charge in [-0.25, -0.2) is 4.79 Å². The van der Waals surface area contributed by atoms with Crippen LogP contribution in [0.3, 0.4) is 0 Å². The Morgan fingerprint density at radius 1 is 1.33 bits per heavy atom. The minimum atomic E-state index is -0.179. The lowest BCUT2D eigenvalue weighted by atomic mass is 10.1. The molecule has 4 heteroatoms. The molecule has 1 amide bonds. The molecule has 1 aliphatic heterocycles. The number of hydrogen-bond donors (Lipinski definition) is 1. The van der Waals surface area contributed by atoms with Gasteiger partial charge in [-0.3, -0.25) is 0 Å². The molecule has 0 aliphatic carbocycles. The van der Waals surface area contributed by atoms with Gasteiger partial charge in [0.2, 0.25) is 0 Å². The van der Waals surface area contributed by atoms with E-state index >= 15 is 0 Å². The zero-order valence-electron chi connectivity index (χ0n) is 11.0. The van der Waals surface area contributed by atoms with E-state index in [0.717, 1.165) is 26.1 Å². The summed E-state index contributed by atoms with van der Waals surface area (Å²) in [6, 6.07) is 6.27. The van der Waals surface area contributed by atoms with E-state index in [9.17, 15) is 4.79 Å². The molecular formula is C14H20N2O2. The first-order chi connectivity index (χ1) is 8.68. The number of nitrogens with zero attached hydrogens (tertiary/aromatic N) is 1. The van der Waals surface area contributed by atoms with Crippen molar-refractivity contribution in [1.82, 2.24) is 4.90 Å². The first-order valence-electron chi connectivity index (χ1n) is 6.40. The highest BCUT2D eigenvalue weighted by molar-refractivity contribution is 5.69. The van der Waals surface area contributed by atoms with Gasteiger partial charge in [-0.2, -0.15) is 0 Å². The molecule has 1 heterocycles. The topological polar surface area (TPSA) is 41.6 Å². The van der Waals surface area contributed by atoms with Crippen molar-refractivity contribution in [2.45, 2.75) is 20.3 Å². The molecule has 1 aromatic rings. The third-order valence-corrected chi connectivity index (χ3v) is 3.23. The summed E-state index contributed by atoms with van der Waals surface area (Å²) in [5, 5.41) is 3.44. The number of anilines is 1. The van der Waals surface area contributed by atoms with Crippen molar-refractivity contribution in [3.05, 3.63) is 29.3 Å². The maximum absolute atomic E-state index is 11.2. The molecule has 18 heavy (non-hydrogen) atoms. The molecule has 0 atom stereocenters. The summed E-state index contributed by atoms with van der Waals surface area (Å²) in [6.07, 6.45) is 0.755. The normalized spacial score (nSPS) is 14.8. The van der Waals surface area contributed by atoms with E-state index in [-0.39, 0.29) is 6.09 Å². The van der Waals surface area contributed by atoms with Crippen LogP contribution in [0.25, 0.3) is 0 Å². The number of nitrogens with one attached hydrogen (secondary N) is 1. The monoisotopic (exact) mass is 248 g/mol. The molecule has 0 saturated carbocycles. The molecule has 4 nitrogen and oxygen atoms in total. The molecule has 0 spiro atoms. The number of rotatable bonds is 5. The number of benzene rings is 1. The van der Waals surface area contributed by atoms with Crippen molar-refractivity contribution < 1.29 is 9.53 Å². The van der Waals surface area contributed by atoms with Gasteiger partial charge < -0.3 is 15.0 Å². The van der Waals surface area contributed by atoms with Gasteiger partial charge in [-0.15, -0.1) is 0 Å². The van der Waals surface area contributed by atoms with E-state index in [1.165, 1.54) is 16.8 Å². The van der Waals surface area contributed by atoms with Crippen LogP contribution in [0.2, 0.25) is 0 Å². The van der Waals surface area contributed by atoms with Crippen LogP contribution >= 0.6 is 0 Å². The quantitative estimate of drug-likeness (QED) is 0.814. The van der Waals surface area contributed by atoms with Gasteiger partial charge in [0.05, 0.1) is 6.54 Å². The molecule has 1 saturated heterocycles. The van der Waals surface area contributed by atoms with Crippen LogP contribution in [0.5, 0.6) is 0 Å². The zero-order valence-corrected chi connectivity index (χ0v) is 11.0. The summed E-state index contributed by atoms with van der Waals surface area (Å²) >= 11 is 0. The van der Waals surface area contributed by atoms with E-state index in [2.05, 4.69) is 37.4 Å². The predicted molar refractivity (Wildman–Crippen MR) is 71.9 cm³/mol. The summed E-state index contributed by atoms with van der Waals surface area (Å²) in [4.78, 5) is 13.0. The lowest BCUT2D eigenvalue weighted by Crippen LogP contribution is -2.26. The number of ether oxygens (including phenoxy) is 1. The largest absolute Gasteiger partial charge is 0.448 e. The summed E-state index contributed by atoms with van der Waals surface area (Å²) in [7, 11) is 0. The summed E-state index contributed by atoms with van der Waals surface area (Å²) < 4.78 is 4.89. The standard InChI is InChI=1S/C14H20N2O2/c1-11-5-3-6-12(2)13(11)15-7-4-8-16-9-10-18-14(16)17/h3,5-6,15H,4,7-10H2,1-2H3. The number of carbonyl (C=O) groups is 1. The lowest BCUT2D eigenvalue weighted by Gasteiger charge is -2.15. The number of aryl methyl sites for hydroxylation is 2. The van der Waals surface area contributed by atoms with Crippen molar-refractivity contribution in [2.75, 3.05) is 31.6 Å². The summed E-state index contributed by atoms with van der Waals surface area (Å²) in [6.45, 7) is 7.10. The van der Waals surface area contributed by atoms with Crippen LogP contribution < -0.4 is 5.32 Å². The highest BCUT2D eigenvalue weighted by Crippen LogP contribution is 2.19. The summed E-state index contributed by atoms with van der Waals surface area (Å²) in [5.41, 5.74) is 3.73. The highest BCUT2D eigenvalue weighted by atomic mass is 16.6. The Labute approximate surface area is 108 Å². The van der Waals surface area contributed by atoms with Crippen molar-refractivity contribution in [2.24, 2.45) is 0 Å². The lowest BCUT2D eigenvalue weighted by molar-refractivity contribution is 0.158. The third-order valence-electron chi connectivity index (χ3n) is 3.23. The molecule has 1 aliphatic rings. The van der Waals surface area contributed by atoms with E-state index in [1.54, 1.807) is 4.90 Å². The third kappa shape index (κ3) is 2.94. The summed E-state index contributed by atoms with van der Waals surface area (Å²) in [5.74, 6) is 0. The van der Waals surface area contributed by atoms with Crippen LogP contribution in [-0.4, -0.2) is 37.2 Å². The van der Waals surface area contributed by atoms with Gasteiger partial charge in [-0.1, -0.05) is 18.2 Å². The Hall–Kier alpha value is -1.71. The van der Waals surface area contributed by atoms with Gasteiger partial charge in [0.25, 0.3) is 0 Å². The number of para-hydroxylation sites is 1. The van der Waals surface area contributed by atoms with Gasteiger partial charge in [0.15, 0.2) is 0 Å². The number of hydrogen-bond acceptors (Lipinski definition) is 3. The fourth-order valence-electron chi connectivity index (χ4n) is 2.21. The Kier molecular flexibility index (Phi) is 4.07. The Morgan fingerprint density at radius 3 is 2.67 bits per heavy atom. The maximum Gasteiger partial charge on any atom is 0.409 e. The smallest absolute Gasteiger partial charge is 0.409 e. The van der Waals surface area contributed by atoms with Gasteiger partial charge in [-0.05, 0) is 31.4 Å². The van der Waals surface area contributed by atoms with Crippen molar-refractivity contribution >= 4 is 11.8 Å². The van der Waals surface area contributed by atoms with E-state index in [0.29, 0.717) is 6.61 Å². The van der Waals surface area contributed by atoms with Crippen LogP contribution in [0.15, 0.2) is 18.2 Å². The Bertz CT molecular complexity index is 412. The molecule has 0 bridgehead atoms. The van der Waals surface area contributed by atoms with Gasteiger partial charge in [0, 0.05) is 18.8 Å². The SMILES string of the molecule is Cc1cccc(C)c1NCCCN1CCOC1=O.